The van der Waals surface area contributed by atoms with Gasteiger partial charge < -0.3 is 10.2 Å². The molecule has 1 rings (SSSR count). The van der Waals surface area contributed by atoms with Crippen molar-refractivity contribution >= 4 is 23.4 Å². The van der Waals surface area contributed by atoms with Crippen molar-refractivity contribution in [3.05, 3.63) is 11.1 Å². The predicted molar refractivity (Wildman–Crippen MR) is 86.0 cm³/mol. The third kappa shape index (κ3) is 4.47. The first-order valence-electron chi connectivity index (χ1n) is 7.68. The van der Waals surface area contributed by atoms with Gasteiger partial charge in [0.2, 0.25) is 11.8 Å². The van der Waals surface area contributed by atoms with Crippen LogP contribution in [0.25, 0.3) is 0 Å². The minimum absolute atomic E-state index is 0.00691. The van der Waals surface area contributed by atoms with Crippen molar-refractivity contribution in [3.63, 3.8) is 0 Å². The maximum atomic E-state index is 12.8. The van der Waals surface area contributed by atoms with Gasteiger partial charge in [-0.25, -0.2) is 0 Å². The maximum Gasteiger partial charge on any atom is 0.246 e. The fraction of sp³-hybridized carbons (Fsp3) is 0.750. The van der Waals surface area contributed by atoms with Gasteiger partial charge >= 0.3 is 0 Å². The lowest BCUT2D eigenvalue weighted by atomic mass is 9.91. The van der Waals surface area contributed by atoms with Crippen molar-refractivity contribution in [1.29, 1.82) is 0 Å². The molecule has 1 aliphatic heterocycles. The minimum atomic E-state index is -0.422. The third-order valence-corrected chi connectivity index (χ3v) is 4.41. The Morgan fingerprint density at radius 2 is 2.00 bits per heavy atom. The van der Waals surface area contributed by atoms with Gasteiger partial charge in [0, 0.05) is 12.1 Å². The zero-order valence-electron chi connectivity index (χ0n) is 13.6. The van der Waals surface area contributed by atoms with Crippen LogP contribution in [0.3, 0.4) is 0 Å². The number of hydrogen-bond acceptors (Lipinski definition) is 2. The summed E-state index contributed by atoms with van der Waals surface area (Å²) in [6.45, 7) is 10.4. The molecule has 120 valence electrons. The van der Waals surface area contributed by atoms with Crippen LogP contribution >= 0.6 is 11.6 Å². The van der Waals surface area contributed by atoms with E-state index in [9.17, 15) is 9.59 Å². The van der Waals surface area contributed by atoms with Gasteiger partial charge in [-0.05, 0) is 30.8 Å². The number of rotatable bonds is 6. The highest BCUT2D eigenvalue weighted by molar-refractivity contribution is 6.25. The van der Waals surface area contributed by atoms with Crippen LogP contribution in [0, 0.1) is 11.8 Å². The summed E-state index contributed by atoms with van der Waals surface area (Å²) in [5, 5.41) is 2.91. The van der Waals surface area contributed by atoms with Crippen LogP contribution in [-0.2, 0) is 9.59 Å². The number of amides is 2. The molecule has 0 aromatic carbocycles. The Morgan fingerprint density at radius 3 is 2.48 bits per heavy atom. The van der Waals surface area contributed by atoms with Crippen LogP contribution in [0.5, 0.6) is 0 Å². The van der Waals surface area contributed by atoms with Crippen LogP contribution in [-0.4, -0.2) is 35.3 Å². The molecule has 0 saturated carbocycles. The van der Waals surface area contributed by atoms with Gasteiger partial charge in [0.15, 0.2) is 0 Å². The van der Waals surface area contributed by atoms with Crippen molar-refractivity contribution in [2.24, 2.45) is 11.8 Å². The number of piperazine rings is 1. The van der Waals surface area contributed by atoms with E-state index >= 15 is 0 Å². The van der Waals surface area contributed by atoms with Crippen LogP contribution in [0.2, 0.25) is 0 Å². The largest absolute Gasteiger partial charge is 0.342 e. The van der Waals surface area contributed by atoms with Crippen LogP contribution < -0.4 is 5.32 Å². The lowest BCUT2D eigenvalue weighted by Crippen LogP contribution is -2.65. The summed E-state index contributed by atoms with van der Waals surface area (Å²) in [7, 11) is 0. The summed E-state index contributed by atoms with van der Waals surface area (Å²) in [5.74, 6) is 0.434. The molecule has 21 heavy (non-hydrogen) atoms. The summed E-state index contributed by atoms with van der Waals surface area (Å²) >= 11 is 5.73. The molecule has 1 aliphatic rings. The zero-order chi connectivity index (χ0) is 16.2. The summed E-state index contributed by atoms with van der Waals surface area (Å²) in [6, 6.07) is -0.821. The molecule has 0 aromatic rings. The normalized spacial score (nSPS) is 25.3. The van der Waals surface area contributed by atoms with E-state index in [1.165, 1.54) is 5.54 Å². The molecule has 1 fully saturated rings. The van der Waals surface area contributed by atoms with E-state index in [0.717, 1.165) is 12.0 Å². The third-order valence-electron chi connectivity index (χ3n) is 4.04. The quantitative estimate of drug-likeness (QED) is 0.819. The smallest absolute Gasteiger partial charge is 0.246 e. The maximum absolute atomic E-state index is 12.8. The molecule has 0 radical (unpaired) electrons. The predicted octanol–water partition coefficient (Wildman–Crippen LogP) is 2.92. The van der Waals surface area contributed by atoms with E-state index in [2.05, 4.69) is 19.2 Å². The number of carbonyl (C=O) groups is 2. The van der Waals surface area contributed by atoms with Crippen molar-refractivity contribution in [2.45, 2.75) is 59.5 Å². The molecule has 0 aromatic heterocycles. The average molecular weight is 315 g/mol. The van der Waals surface area contributed by atoms with Gasteiger partial charge in [0.05, 0.1) is 0 Å². The zero-order valence-corrected chi connectivity index (χ0v) is 14.4. The highest BCUT2D eigenvalue weighted by atomic mass is 35.5. The average Bonchev–Trinajstić information content (AvgIpc) is 2.44. The fourth-order valence-electron chi connectivity index (χ4n) is 2.58. The van der Waals surface area contributed by atoms with E-state index in [-0.39, 0.29) is 17.7 Å². The summed E-state index contributed by atoms with van der Waals surface area (Å²) in [4.78, 5) is 26.9. The van der Waals surface area contributed by atoms with Crippen molar-refractivity contribution in [1.82, 2.24) is 10.2 Å². The first kappa shape index (κ1) is 18.0. The highest BCUT2D eigenvalue weighted by Gasteiger charge is 2.42. The number of halogens is 1. The van der Waals surface area contributed by atoms with Gasteiger partial charge in [-0.3, -0.25) is 9.59 Å². The lowest BCUT2D eigenvalue weighted by Gasteiger charge is -2.41. The second kappa shape index (κ2) is 7.83. The first-order chi connectivity index (χ1) is 9.81. The molecule has 3 unspecified atom stereocenters. The monoisotopic (exact) mass is 314 g/mol. The Balaban J connectivity index is 3.04. The standard InChI is InChI=1S/C16H27ClN2O2/c1-6-12(5)14-16(21)19(9-11(4)8-17)13(7-10(2)3)15(20)18-14/h8,10,12-14H,6-7,9H2,1-5H3,(H,18,20). The Kier molecular flexibility index (Phi) is 6.72. The molecule has 0 bridgehead atoms. The van der Waals surface area contributed by atoms with Crippen LogP contribution in [0.1, 0.15) is 47.5 Å². The van der Waals surface area contributed by atoms with Gasteiger partial charge in [-0.2, -0.15) is 0 Å². The topological polar surface area (TPSA) is 49.4 Å². The second-order valence-corrected chi connectivity index (χ2v) is 6.66. The van der Waals surface area contributed by atoms with E-state index < -0.39 is 12.1 Å². The van der Waals surface area contributed by atoms with Crippen LogP contribution in [0.4, 0.5) is 0 Å². The molecule has 1 N–H and O–H groups in total. The van der Waals surface area contributed by atoms with E-state index in [4.69, 9.17) is 11.6 Å². The fourth-order valence-corrected chi connectivity index (χ4v) is 2.65. The van der Waals surface area contributed by atoms with Crippen molar-refractivity contribution in [2.75, 3.05) is 6.54 Å². The molecule has 0 spiro atoms. The molecule has 4 nitrogen and oxygen atoms in total. The number of nitrogens with zero attached hydrogens (tertiary/aromatic N) is 1. The van der Waals surface area contributed by atoms with Gasteiger partial charge in [0.25, 0.3) is 0 Å². The summed E-state index contributed by atoms with van der Waals surface area (Å²) < 4.78 is 0. The molecular formula is C16H27ClN2O2. The Morgan fingerprint density at radius 1 is 1.38 bits per heavy atom. The molecule has 3 atom stereocenters. The van der Waals surface area contributed by atoms with Gasteiger partial charge in [-0.1, -0.05) is 45.7 Å². The molecule has 5 heteroatoms. The Labute approximate surface area is 132 Å². The number of nitrogens with one attached hydrogen (secondary N) is 1. The van der Waals surface area contributed by atoms with E-state index in [1.54, 1.807) is 4.90 Å². The van der Waals surface area contributed by atoms with Crippen molar-refractivity contribution < 1.29 is 9.59 Å². The highest BCUT2D eigenvalue weighted by Crippen LogP contribution is 2.23. The van der Waals surface area contributed by atoms with Crippen molar-refractivity contribution in [3.8, 4) is 0 Å². The van der Waals surface area contributed by atoms with Gasteiger partial charge in [0.1, 0.15) is 12.1 Å². The van der Waals surface area contributed by atoms with Gasteiger partial charge in [-0.15, -0.1) is 0 Å². The second-order valence-electron chi connectivity index (χ2n) is 6.44. The Bertz CT molecular complexity index is 421. The minimum Gasteiger partial charge on any atom is -0.342 e. The lowest BCUT2D eigenvalue weighted by molar-refractivity contribution is -0.150. The molecule has 1 saturated heterocycles. The first-order valence-corrected chi connectivity index (χ1v) is 8.12. The molecule has 0 aliphatic carbocycles. The summed E-state index contributed by atoms with van der Waals surface area (Å²) in [5.41, 5.74) is 2.36. The molecule has 2 amide bonds. The Hall–Kier alpha value is -1.03. The molecule has 1 heterocycles. The number of carbonyl (C=O) groups excluding carboxylic acids is 2. The number of hydrogen-bond donors (Lipinski definition) is 1. The van der Waals surface area contributed by atoms with Crippen LogP contribution in [0.15, 0.2) is 11.1 Å². The van der Waals surface area contributed by atoms with E-state index in [0.29, 0.717) is 18.9 Å². The van der Waals surface area contributed by atoms with E-state index in [1.807, 2.05) is 20.8 Å². The summed E-state index contributed by atoms with van der Waals surface area (Å²) in [6.07, 6.45) is 1.52. The SMILES string of the molecule is CCC(C)C1NC(=O)C(CC(C)C)N(CC(C)=CCl)C1=O. The molecular weight excluding hydrogens is 288 g/mol.